The number of anilines is 1. The lowest BCUT2D eigenvalue weighted by Crippen LogP contribution is -2.49. The van der Waals surface area contributed by atoms with E-state index in [0.29, 0.717) is 0 Å². The average molecular weight is 436 g/mol. The Morgan fingerprint density at radius 1 is 1.14 bits per heavy atom. The molecule has 0 atom stereocenters. The van der Waals surface area contributed by atoms with Crippen molar-refractivity contribution in [2.75, 3.05) is 38.1 Å². The molecule has 2 aromatic carbocycles. The van der Waals surface area contributed by atoms with Gasteiger partial charge in [-0.05, 0) is 31.5 Å². The summed E-state index contributed by atoms with van der Waals surface area (Å²) in [4.78, 5) is 17.1. The van der Waals surface area contributed by atoms with E-state index in [1.807, 2.05) is 61.6 Å². The smallest absolute Gasteiger partial charge is 0.415 e. The van der Waals surface area contributed by atoms with E-state index < -0.39 is 11.1 Å². The summed E-state index contributed by atoms with van der Waals surface area (Å²) in [7, 11) is 1.96. The zero-order valence-corrected chi connectivity index (χ0v) is 18.1. The standard InChI is InChI=1S/C22H27Cl2N3O2/c1-25-13-16-26-14-11-18(12-15-26)27(22(28)29-21(23)24)20-10-6-5-9-19(20)17-7-3-2-4-8-17/h2-10,18,21,25H,11-16H2,1H3. The van der Waals surface area contributed by atoms with Crippen LogP contribution in [0.15, 0.2) is 54.6 Å². The van der Waals surface area contributed by atoms with Crippen LogP contribution in [0.2, 0.25) is 0 Å². The SMILES string of the molecule is CNCCN1CCC(N(C(=O)OC(Cl)Cl)c2ccccc2-c2ccccc2)CC1. The molecule has 0 unspecified atom stereocenters. The molecule has 0 saturated carbocycles. The minimum absolute atomic E-state index is 0.0188. The Hall–Kier alpha value is -1.79. The van der Waals surface area contributed by atoms with Crippen molar-refractivity contribution in [3.63, 3.8) is 0 Å². The van der Waals surface area contributed by atoms with Crippen molar-refractivity contribution in [1.82, 2.24) is 10.2 Å². The molecule has 1 heterocycles. The number of alkyl halides is 2. The normalized spacial score (nSPS) is 15.4. The van der Waals surface area contributed by atoms with E-state index in [0.717, 1.165) is 55.8 Å². The number of carbonyl (C=O) groups excluding carboxylic acids is 1. The number of piperidine rings is 1. The van der Waals surface area contributed by atoms with Gasteiger partial charge in [-0.2, -0.15) is 0 Å². The summed E-state index contributed by atoms with van der Waals surface area (Å²) in [6.07, 6.45) is 1.20. The van der Waals surface area contributed by atoms with E-state index >= 15 is 0 Å². The fourth-order valence-corrected chi connectivity index (χ4v) is 3.95. The summed E-state index contributed by atoms with van der Waals surface area (Å²) in [5, 5.41) is 1.98. The predicted molar refractivity (Wildman–Crippen MR) is 120 cm³/mol. The summed E-state index contributed by atoms with van der Waals surface area (Å²) in [5.74, 6) is 0. The number of rotatable bonds is 7. The zero-order valence-electron chi connectivity index (χ0n) is 16.6. The molecule has 1 amide bonds. The first-order valence-corrected chi connectivity index (χ1v) is 10.8. The molecule has 0 spiro atoms. The van der Waals surface area contributed by atoms with Crippen LogP contribution >= 0.6 is 23.2 Å². The van der Waals surface area contributed by atoms with Gasteiger partial charge in [-0.3, -0.25) is 4.90 Å². The zero-order chi connectivity index (χ0) is 20.6. The van der Waals surface area contributed by atoms with E-state index in [-0.39, 0.29) is 6.04 Å². The molecule has 3 rings (SSSR count). The Kier molecular flexibility index (Phi) is 8.19. The van der Waals surface area contributed by atoms with Gasteiger partial charge >= 0.3 is 6.09 Å². The highest BCUT2D eigenvalue weighted by atomic mass is 35.5. The predicted octanol–water partition coefficient (Wildman–Crippen LogP) is 4.74. The summed E-state index contributed by atoms with van der Waals surface area (Å²) >= 11 is 11.5. The molecule has 1 aliphatic heterocycles. The Morgan fingerprint density at radius 3 is 2.45 bits per heavy atom. The van der Waals surface area contributed by atoms with Gasteiger partial charge in [0.15, 0.2) is 0 Å². The number of amides is 1. The van der Waals surface area contributed by atoms with Crippen LogP contribution in [0.5, 0.6) is 0 Å². The fourth-order valence-electron chi connectivity index (χ4n) is 3.79. The minimum atomic E-state index is -1.20. The third kappa shape index (κ3) is 5.86. The van der Waals surface area contributed by atoms with Crippen molar-refractivity contribution in [3.8, 4) is 11.1 Å². The highest BCUT2D eigenvalue weighted by molar-refractivity contribution is 6.43. The highest BCUT2D eigenvalue weighted by Gasteiger charge is 2.32. The van der Waals surface area contributed by atoms with Crippen molar-refractivity contribution < 1.29 is 9.53 Å². The van der Waals surface area contributed by atoms with Crippen LogP contribution in [0.4, 0.5) is 10.5 Å². The van der Waals surface area contributed by atoms with Crippen molar-refractivity contribution in [2.24, 2.45) is 0 Å². The van der Waals surface area contributed by atoms with Crippen LogP contribution in [0.1, 0.15) is 12.8 Å². The maximum atomic E-state index is 13.0. The molecule has 0 aliphatic carbocycles. The fraction of sp³-hybridized carbons (Fsp3) is 0.409. The van der Waals surface area contributed by atoms with Gasteiger partial charge in [0.05, 0.1) is 5.69 Å². The summed E-state index contributed by atoms with van der Waals surface area (Å²) < 4.78 is 5.20. The molecular formula is C22H27Cl2N3O2. The monoisotopic (exact) mass is 435 g/mol. The second-order valence-electron chi connectivity index (χ2n) is 7.07. The van der Waals surface area contributed by atoms with Crippen molar-refractivity contribution >= 4 is 35.0 Å². The first-order valence-electron chi connectivity index (χ1n) is 9.89. The molecule has 2 aromatic rings. The van der Waals surface area contributed by atoms with Crippen molar-refractivity contribution in [3.05, 3.63) is 54.6 Å². The number of likely N-dealkylation sites (tertiary alicyclic amines) is 1. The topological polar surface area (TPSA) is 44.8 Å². The van der Waals surface area contributed by atoms with Gasteiger partial charge in [0.1, 0.15) is 0 Å². The minimum Gasteiger partial charge on any atom is -0.415 e. The molecule has 29 heavy (non-hydrogen) atoms. The second-order valence-corrected chi connectivity index (χ2v) is 8.09. The molecule has 0 radical (unpaired) electrons. The number of halogens is 2. The third-order valence-electron chi connectivity index (χ3n) is 5.24. The molecule has 0 aromatic heterocycles. The van der Waals surface area contributed by atoms with Crippen LogP contribution in [0.25, 0.3) is 11.1 Å². The highest BCUT2D eigenvalue weighted by Crippen LogP contribution is 2.34. The lowest BCUT2D eigenvalue weighted by atomic mass is 9.98. The van der Waals surface area contributed by atoms with Crippen LogP contribution < -0.4 is 10.2 Å². The maximum absolute atomic E-state index is 13.0. The van der Waals surface area contributed by atoms with Gasteiger partial charge < -0.3 is 15.0 Å². The van der Waals surface area contributed by atoms with Crippen molar-refractivity contribution in [2.45, 2.75) is 23.9 Å². The van der Waals surface area contributed by atoms with Crippen LogP contribution in [-0.2, 0) is 4.74 Å². The summed E-state index contributed by atoms with van der Waals surface area (Å²) in [5.41, 5.74) is 2.83. The molecule has 1 N–H and O–H groups in total. The molecular weight excluding hydrogens is 409 g/mol. The summed E-state index contributed by atoms with van der Waals surface area (Å²) in [6.45, 7) is 3.80. The Labute approximate surface area is 182 Å². The number of benzene rings is 2. The third-order valence-corrected chi connectivity index (χ3v) is 5.41. The van der Waals surface area contributed by atoms with E-state index in [1.165, 1.54) is 0 Å². The van der Waals surface area contributed by atoms with Crippen LogP contribution in [-0.4, -0.2) is 55.3 Å². The van der Waals surface area contributed by atoms with E-state index in [1.54, 1.807) is 4.90 Å². The number of carbonyl (C=O) groups is 1. The van der Waals surface area contributed by atoms with Gasteiger partial charge in [-0.25, -0.2) is 4.79 Å². The molecule has 0 bridgehead atoms. The van der Waals surface area contributed by atoms with Gasteiger partial charge in [-0.15, -0.1) is 0 Å². The van der Waals surface area contributed by atoms with E-state index in [9.17, 15) is 4.79 Å². The van der Waals surface area contributed by atoms with E-state index in [4.69, 9.17) is 27.9 Å². The number of likely N-dealkylation sites (N-methyl/N-ethyl adjacent to an activating group) is 1. The molecule has 5 nitrogen and oxygen atoms in total. The quantitative estimate of drug-likeness (QED) is 0.637. The first kappa shape index (κ1) is 21.9. The van der Waals surface area contributed by atoms with Gasteiger partial charge in [-0.1, -0.05) is 71.7 Å². The van der Waals surface area contributed by atoms with Crippen LogP contribution in [0.3, 0.4) is 0 Å². The van der Waals surface area contributed by atoms with Crippen molar-refractivity contribution in [1.29, 1.82) is 0 Å². The molecule has 156 valence electrons. The largest absolute Gasteiger partial charge is 0.417 e. The number of nitrogens with one attached hydrogen (secondary N) is 1. The van der Waals surface area contributed by atoms with Gasteiger partial charge in [0.25, 0.3) is 5.02 Å². The van der Waals surface area contributed by atoms with Crippen LogP contribution in [0, 0.1) is 0 Å². The Morgan fingerprint density at radius 2 is 1.79 bits per heavy atom. The molecule has 7 heteroatoms. The number of nitrogens with zero attached hydrogens (tertiary/aromatic N) is 2. The number of para-hydroxylation sites is 1. The maximum Gasteiger partial charge on any atom is 0.417 e. The summed E-state index contributed by atoms with van der Waals surface area (Å²) in [6, 6.07) is 17.9. The Balaban J connectivity index is 1.89. The van der Waals surface area contributed by atoms with E-state index in [2.05, 4.69) is 10.2 Å². The molecule has 1 saturated heterocycles. The second kappa shape index (κ2) is 10.8. The average Bonchev–Trinajstić information content (AvgIpc) is 2.74. The van der Waals surface area contributed by atoms with Gasteiger partial charge in [0.2, 0.25) is 0 Å². The Bertz CT molecular complexity index is 781. The molecule has 1 aliphatic rings. The molecule has 1 fully saturated rings. The first-order chi connectivity index (χ1) is 14.1. The number of hydrogen-bond acceptors (Lipinski definition) is 4. The number of hydrogen-bond donors (Lipinski definition) is 1. The number of ether oxygens (including phenoxy) is 1. The lowest BCUT2D eigenvalue weighted by Gasteiger charge is -2.38. The lowest BCUT2D eigenvalue weighted by molar-refractivity contribution is 0.152. The van der Waals surface area contributed by atoms with Gasteiger partial charge in [0, 0.05) is 37.8 Å².